The minimum Gasteiger partial charge on any atom is -0.497 e. The van der Waals surface area contributed by atoms with Crippen molar-refractivity contribution in [3.05, 3.63) is 60.9 Å². The number of piperazine rings is 1. The number of carbonyl (C=O) groups is 1. The summed E-state index contributed by atoms with van der Waals surface area (Å²) in [5.74, 6) is 1.56. The summed E-state index contributed by atoms with van der Waals surface area (Å²) in [5, 5.41) is 0.708. The smallest absolute Gasteiger partial charge is 0.410 e. The van der Waals surface area contributed by atoms with Crippen molar-refractivity contribution in [1.82, 2.24) is 24.4 Å². The molecule has 0 spiro atoms. The van der Waals surface area contributed by atoms with Crippen molar-refractivity contribution < 1.29 is 18.7 Å². The summed E-state index contributed by atoms with van der Waals surface area (Å²) in [4.78, 5) is 30.3. The van der Waals surface area contributed by atoms with E-state index < -0.39 is 5.60 Å². The van der Waals surface area contributed by atoms with E-state index in [1.165, 1.54) is 12.4 Å². The van der Waals surface area contributed by atoms with E-state index in [9.17, 15) is 4.79 Å². The molecule has 1 aliphatic heterocycles. The molecule has 0 saturated carbocycles. The van der Waals surface area contributed by atoms with Crippen molar-refractivity contribution in [3.8, 4) is 22.7 Å². The number of pyridine rings is 1. The topological polar surface area (TPSA) is 85.6 Å². The molecular weight excluding hydrogens is 487 g/mol. The maximum absolute atomic E-state index is 15.1. The number of anilines is 1. The first-order chi connectivity index (χ1) is 18.2. The maximum Gasteiger partial charge on any atom is 0.410 e. The van der Waals surface area contributed by atoms with Gasteiger partial charge in [-0.3, -0.25) is 4.57 Å². The lowest BCUT2D eigenvalue weighted by atomic mass is 10.0. The molecule has 1 aliphatic rings. The van der Waals surface area contributed by atoms with Crippen LogP contribution < -0.4 is 9.64 Å². The molecule has 1 amide bonds. The molecule has 1 atom stereocenters. The summed E-state index contributed by atoms with van der Waals surface area (Å²) in [6.45, 7) is 9.07. The van der Waals surface area contributed by atoms with Gasteiger partial charge >= 0.3 is 6.09 Å². The van der Waals surface area contributed by atoms with Crippen LogP contribution in [0.4, 0.5) is 15.0 Å². The number of hydrogen-bond acceptors (Lipinski definition) is 7. The number of hydrogen-bond donors (Lipinski definition) is 0. The maximum atomic E-state index is 15.1. The Kier molecular flexibility index (Phi) is 6.64. The summed E-state index contributed by atoms with van der Waals surface area (Å²) in [5.41, 5.74) is 1.12. The van der Waals surface area contributed by atoms with Crippen molar-refractivity contribution in [2.75, 3.05) is 31.6 Å². The van der Waals surface area contributed by atoms with Crippen LogP contribution in [0.3, 0.4) is 0 Å². The van der Waals surface area contributed by atoms with Gasteiger partial charge in [0, 0.05) is 55.3 Å². The van der Waals surface area contributed by atoms with E-state index >= 15 is 4.39 Å². The predicted molar refractivity (Wildman–Crippen MR) is 143 cm³/mol. The summed E-state index contributed by atoms with van der Waals surface area (Å²) >= 11 is 0. The van der Waals surface area contributed by atoms with E-state index in [4.69, 9.17) is 9.47 Å². The molecule has 0 bridgehead atoms. The van der Waals surface area contributed by atoms with Gasteiger partial charge in [-0.1, -0.05) is 18.2 Å². The zero-order chi connectivity index (χ0) is 27.0. The Morgan fingerprint density at radius 2 is 1.87 bits per heavy atom. The van der Waals surface area contributed by atoms with Gasteiger partial charge in [-0.15, -0.1) is 0 Å². The number of fused-ring (bicyclic) bond motifs is 1. The third-order valence-electron chi connectivity index (χ3n) is 6.48. The molecule has 0 N–H and O–H groups in total. The molecule has 3 aromatic heterocycles. The van der Waals surface area contributed by atoms with Crippen LogP contribution in [0.15, 0.2) is 55.1 Å². The number of ether oxygens (including phenoxy) is 2. The Hall–Kier alpha value is -4.21. The molecule has 38 heavy (non-hydrogen) atoms. The first-order valence-corrected chi connectivity index (χ1v) is 12.5. The van der Waals surface area contributed by atoms with E-state index in [0.29, 0.717) is 59.2 Å². The van der Waals surface area contributed by atoms with Crippen molar-refractivity contribution in [3.63, 3.8) is 0 Å². The lowest BCUT2D eigenvalue weighted by Gasteiger charge is -2.41. The van der Waals surface area contributed by atoms with Gasteiger partial charge in [0.15, 0.2) is 5.65 Å². The molecule has 4 heterocycles. The second-order valence-corrected chi connectivity index (χ2v) is 10.3. The Balaban J connectivity index is 1.61. The molecule has 9 nitrogen and oxygen atoms in total. The second-order valence-electron chi connectivity index (χ2n) is 10.3. The van der Waals surface area contributed by atoms with Gasteiger partial charge in [0.05, 0.1) is 12.5 Å². The first kappa shape index (κ1) is 25.4. The van der Waals surface area contributed by atoms with Crippen molar-refractivity contribution >= 4 is 22.9 Å². The van der Waals surface area contributed by atoms with Gasteiger partial charge in [-0.2, -0.15) is 0 Å². The van der Waals surface area contributed by atoms with Crippen LogP contribution >= 0.6 is 0 Å². The Bertz CT molecular complexity index is 1480. The van der Waals surface area contributed by atoms with E-state index in [2.05, 4.69) is 19.9 Å². The highest BCUT2D eigenvalue weighted by atomic mass is 19.1. The summed E-state index contributed by atoms with van der Waals surface area (Å²) in [6.07, 6.45) is 4.67. The number of rotatable bonds is 4. The third-order valence-corrected chi connectivity index (χ3v) is 6.48. The van der Waals surface area contributed by atoms with E-state index in [1.807, 2.05) is 38.5 Å². The number of methoxy groups -OCH3 is 1. The minimum atomic E-state index is -0.567. The molecule has 1 fully saturated rings. The Morgan fingerprint density at radius 1 is 1.08 bits per heavy atom. The highest BCUT2D eigenvalue weighted by molar-refractivity contribution is 6.02. The Labute approximate surface area is 220 Å². The molecule has 1 saturated heterocycles. The molecule has 0 aliphatic carbocycles. The fourth-order valence-corrected chi connectivity index (χ4v) is 4.74. The minimum absolute atomic E-state index is 0.0684. The largest absolute Gasteiger partial charge is 0.497 e. The number of carbonyl (C=O) groups excluding carboxylic acids is 1. The standard InChI is InChI=1S/C28H31FN6O3/c1-18-15-33(27(36)38-28(2,3)4)12-13-34(18)25-24-21(20-8-6-7-9-22(20)29)16-35(26(24)32-17-31-25)23-14-19(37-5)10-11-30-23/h6-11,14,16-18H,12-13,15H2,1-5H3/t18-/m0/s1. The van der Waals surface area contributed by atoms with E-state index in [0.717, 1.165) is 0 Å². The average molecular weight is 519 g/mol. The third kappa shape index (κ3) is 4.85. The summed E-state index contributed by atoms with van der Waals surface area (Å²) in [7, 11) is 1.59. The molecule has 1 aromatic carbocycles. The molecule has 4 aromatic rings. The quantitative estimate of drug-likeness (QED) is 0.373. The average Bonchev–Trinajstić information content (AvgIpc) is 3.28. The fraction of sp³-hybridized carbons (Fsp3) is 0.357. The number of aromatic nitrogens is 4. The molecule has 5 rings (SSSR count). The van der Waals surface area contributed by atoms with Gasteiger partial charge in [0.2, 0.25) is 0 Å². The van der Waals surface area contributed by atoms with Gasteiger partial charge in [0.25, 0.3) is 0 Å². The predicted octanol–water partition coefficient (Wildman–Crippen LogP) is 5.08. The van der Waals surface area contributed by atoms with Gasteiger partial charge in [-0.05, 0) is 39.8 Å². The Morgan fingerprint density at radius 3 is 2.58 bits per heavy atom. The summed E-state index contributed by atoms with van der Waals surface area (Å²) in [6, 6.07) is 10.1. The zero-order valence-corrected chi connectivity index (χ0v) is 22.2. The van der Waals surface area contributed by atoms with Gasteiger partial charge in [0.1, 0.15) is 35.1 Å². The van der Waals surface area contributed by atoms with Crippen molar-refractivity contribution in [1.29, 1.82) is 0 Å². The lowest BCUT2D eigenvalue weighted by molar-refractivity contribution is 0.0218. The monoisotopic (exact) mass is 518 g/mol. The fourth-order valence-electron chi connectivity index (χ4n) is 4.74. The van der Waals surface area contributed by atoms with Crippen LogP contribution in [-0.4, -0.2) is 68.9 Å². The molecule has 0 unspecified atom stereocenters. The lowest BCUT2D eigenvalue weighted by Crippen LogP contribution is -2.54. The first-order valence-electron chi connectivity index (χ1n) is 12.5. The van der Waals surface area contributed by atoms with Crippen LogP contribution in [-0.2, 0) is 4.74 Å². The second kappa shape index (κ2) is 9.92. The number of amides is 1. The van der Waals surface area contributed by atoms with Gasteiger partial charge in [-0.25, -0.2) is 24.1 Å². The van der Waals surface area contributed by atoms with Crippen LogP contribution in [0.5, 0.6) is 5.75 Å². The summed E-state index contributed by atoms with van der Waals surface area (Å²) < 4.78 is 27.9. The molecule has 10 heteroatoms. The van der Waals surface area contributed by atoms with Crippen LogP contribution in [0.2, 0.25) is 0 Å². The normalized spacial score (nSPS) is 16.1. The molecular formula is C28H31FN6O3. The SMILES string of the molecule is COc1ccnc(-n2cc(-c3ccccc3F)c3c(N4CCN(C(=O)OC(C)(C)C)C[C@@H]4C)ncnc32)c1. The number of benzene rings is 1. The van der Waals surface area contributed by atoms with Crippen LogP contribution in [0.25, 0.3) is 28.0 Å². The highest BCUT2D eigenvalue weighted by Gasteiger charge is 2.32. The molecule has 198 valence electrons. The van der Waals surface area contributed by atoms with Crippen molar-refractivity contribution in [2.45, 2.75) is 39.3 Å². The molecule has 0 radical (unpaired) electrons. The zero-order valence-electron chi connectivity index (χ0n) is 22.2. The van der Waals surface area contributed by atoms with E-state index in [1.54, 1.807) is 48.5 Å². The number of halogens is 1. The van der Waals surface area contributed by atoms with Crippen molar-refractivity contribution in [2.24, 2.45) is 0 Å². The van der Waals surface area contributed by atoms with Gasteiger partial charge < -0.3 is 19.3 Å². The van der Waals surface area contributed by atoms with E-state index in [-0.39, 0.29) is 18.0 Å². The van der Waals surface area contributed by atoms with Crippen LogP contribution in [0, 0.1) is 5.82 Å². The van der Waals surface area contributed by atoms with Crippen LogP contribution in [0.1, 0.15) is 27.7 Å². The number of nitrogens with zero attached hydrogens (tertiary/aromatic N) is 6. The highest BCUT2D eigenvalue weighted by Crippen LogP contribution is 2.38.